The molecule has 104 valence electrons. The van der Waals surface area contributed by atoms with Gasteiger partial charge in [-0.15, -0.1) is 5.06 Å². The number of rotatable bonds is 1. The quantitative estimate of drug-likeness (QED) is 0.776. The van der Waals surface area contributed by atoms with Gasteiger partial charge in [-0.2, -0.15) is 0 Å². The van der Waals surface area contributed by atoms with Gasteiger partial charge in [0.2, 0.25) is 0 Å². The lowest BCUT2D eigenvalue weighted by atomic mass is 9.96. The van der Waals surface area contributed by atoms with Crippen LogP contribution in [0.2, 0.25) is 0 Å². The predicted molar refractivity (Wildman–Crippen MR) is 82.4 cm³/mol. The zero-order valence-electron chi connectivity index (χ0n) is 11.8. The largest absolute Gasteiger partial charge is 0.402 e. The van der Waals surface area contributed by atoms with E-state index in [1.807, 2.05) is 17.3 Å². The van der Waals surface area contributed by atoms with Gasteiger partial charge in [0.05, 0.1) is 6.20 Å². The number of hydrogen-bond acceptors (Lipinski definition) is 3. The molecular weight excluding hydrogens is 316 g/mol. The zero-order valence-corrected chi connectivity index (χ0v) is 13.4. The molecule has 1 aliphatic heterocycles. The third-order valence-corrected chi connectivity index (χ3v) is 4.02. The first-order valence-corrected chi connectivity index (χ1v) is 7.43. The molecule has 2 aromatic rings. The van der Waals surface area contributed by atoms with E-state index < -0.39 is 0 Å². The highest BCUT2D eigenvalue weighted by molar-refractivity contribution is 9.10. The van der Waals surface area contributed by atoms with Crippen molar-refractivity contribution in [2.24, 2.45) is 0 Å². The molecule has 1 unspecified atom stereocenters. The van der Waals surface area contributed by atoms with Crippen molar-refractivity contribution < 1.29 is 4.84 Å². The number of hydrogen-bond donors (Lipinski definition) is 0. The summed E-state index contributed by atoms with van der Waals surface area (Å²) in [7, 11) is 0. The Kier molecular flexibility index (Phi) is 3.30. The molecule has 0 amide bonds. The van der Waals surface area contributed by atoms with Crippen molar-refractivity contribution in [1.82, 2.24) is 10.0 Å². The Morgan fingerprint density at radius 2 is 1.85 bits per heavy atom. The molecule has 20 heavy (non-hydrogen) atoms. The number of pyridine rings is 1. The van der Waals surface area contributed by atoms with Gasteiger partial charge in [-0.3, -0.25) is 4.98 Å². The number of nitrogens with zero attached hydrogens (tertiary/aromatic N) is 2. The Morgan fingerprint density at radius 3 is 2.50 bits per heavy atom. The van der Waals surface area contributed by atoms with Crippen LogP contribution in [0.4, 0.5) is 0 Å². The normalized spacial score (nSPS) is 18.7. The summed E-state index contributed by atoms with van der Waals surface area (Å²) in [6.45, 7) is 6.45. The summed E-state index contributed by atoms with van der Waals surface area (Å²) in [4.78, 5) is 10.3. The van der Waals surface area contributed by atoms with E-state index in [2.05, 4.69) is 66.0 Å². The summed E-state index contributed by atoms with van der Waals surface area (Å²) in [5.41, 5.74) is 2.24. The lowest BCUT2D eigenvalue weighted by molar-refractivity contribution is -0.129. The topological polar surface area (TPSA) is 25.4 Å². The van der Waals surface area contributed by atoms with Gasteiger partial charge in [-0.25, -0.2) is 0 Å². The molecule has 0 fully saturated rings. The fraction of sp³-hybridized carbons (Fsp3) is 0.312. The summed E-state index contributed by atoms with van der Waals surface area (Å²) in [6, 6.07) is 10.5. The van der Waals surface area contributed by atoms with Crippen molar-refractivity contribution in [3.05, 3.63) is 58.3 Å². The van der Waals surface area contributed by atoms with Gasteiger partial charge in [-0.1, -0.05) is 30.3 Å². The first-order valence-electron chi connectivity index (χ1n) is 6.64. The van der Waals surface area contributed by atoms with Crippen LogP contribution in [0.25, 0.3) is 0 Å². The van der Waals surface area contributed by atoms with Crippen LogP contribution in [0, 0.1) is 0 Å². The molecule has 0 aliphatic carbocycles. The lowest BCUT2D eigenvalue weighted by Gasteiger charge is -2.34. The Balaban J connectivity index is 2.17. The molecule has 0 radical (unpaired) electrons. The van der Waals surface area contributed by atoms with Crippen LogP contribution < -0.4 is 4.84 Å². The highest BCUT2D eigenvalue weighted by Crippen LogP contribution is 2.47. The number of halogens is 1. The van der Waals surface area contributed by atoms with E-state index >= 15 is 0 Å². The highest BCUT2D eigenvalue weighted by Gasteiger charge is 2.41. The van der Waals surface area contributed by atoms with E-state index in [1.54, 1.807) is 6.20 Å². The van der Waals surface area contributed by atoms with E-state index in [0.29, 0.717) is 0 Å². The van der Waals surface area contributed by atoms with Gasteiger partial charge >= 0.3 is 0 Å². The average Bonchev–Trinajstić information content (AvgIpc) is 2.80. The summed E-state index contributed by atoms with van der Waals surface area (Å²) in [5, 5.41) is 2.04. The van der Waals surface area contributed by atoms with Gasteiger partial charge in [0.25, 0.3) is 0 Å². The molecular formula is C16H17BrN2O. The summed E-state index contributed by atoms with van der Waals surface area (Å²) >= 11 is 3.61. The lowest BCUT2D eigenvalue weighted by Crippen LogP contribution is -2.43. The highest BCUT2D eigenvalue weighted by atomic mass is 79.9. The standard InChI is InChI=1S/C16H17BrN2O/c1-16(2,3)19-15(11-7-5-4-6-8-11)14-12(17)9-18-10-13(14)20-19/h4-10,15H,1-3H3. The molecule has 0 saturated heterocycles. The molecule has 1 atom stereocenters. The maximum absolute atomic E-state index is 6.06. The Hall–Kier alpha value is -1.39. The second-order valence-electron chi connectivity index (χ2n) is 5.93. The van der Waals surface area contributed by atoms with Crippen molar-refractivity contribution >= 4 is 15.9 Å². The summed E-state index contributed by atoms with van der Waals surface area (Å²) in [6.07, 6.45) is 3.60. The number of aromatic nitrogens is 1. The molecule has 3 nitrogen and oxygen atoms in total. The predicted octanol–water partition coefficient (Wildman–Crippen LogP) is 4.34. The van der Waals surface area contributed by atoms with E-state index in [9.17, 15) is 0 Å². The van der Waals surface area contributed by atoms with E-state index in [-0.39, 0.29) is 11.6 Å². The third-order valence-electron chi connectivity index (χ3n) is 3.38. The van der Waals surface area contributed by atoms with E-state index in [1.165, 1.54) is 5.56 Å². The number of hydroxylamine groups is 2. The minimum Gasteiger partial charge on any atom is -0.402 e. The molecule has 0 bridgehead atoms. The SMILES string of the molecule is CC(C)(C)N1Oc2cncc(Br)c2C1c1ccccc1. The third kappa shape index (κ3) is 2.23. The first kappa shape index (κ1) is 13.6. The molecule has 1 aliphatic rings. The van der Waals surface area contributed by atoms with Crippen molar-refractivity contribution in [2.75, 3.05) is 0 Å². The minimum atomic E-state index is -0.112. The smallest absolute Gasteiger partial charge is 0.172 e. The van der Waals surface area contributed by atoms with Crippen LogP contribution in [0.5, 0.6) is 5.75 Å². The van der Waals surface area contributed by atoms with Crippen LogP contribution >= 0.6 is 15.9 Å². The van der Waals surface area contributed by atoms with Gasteiger partial charge < -0.3 is 4.84 Å². The molecule has 0 saturated carbocycles. The minimum absolute atomic E-state index is 0.0728. The zero-order chi connectivity index (χ0) is 14.3. The Bertz CT molecular complexity index is 622. The molecule has 1 aromatic carbocycles. The molecule has 0 spiro atoms. The van der Waals surface area contributed by atoms with Gasteiger partial charge in [0, 0.05) is 21.8 Å². The summed E-state index contributed by atoms with van der Waals surface area (Å²) in [5.74, 6) is 0.822. The van der Waals surface area contributed by atoms with Gasteiger partial charge in [0.1, 0.15) is 6.04 Å². The Labute approximate surface area is 127 Å². The molecule has 0 N–H and O–H groups in total. The van der Waals surface area contributed by atoms with Crippen LogP contribution in [0.3, 0.4) is 0 Å². The Morgan fingerprint density at radius 1 is 1.15 bits per heavy atom. The second kappa shape index (κ2) is 4.86. The maximum Gasteiger partial charge on any atom is 0.172 e. The van der Waals surface area contributed by atoms with Crippen molar-refractivity contribution in [3.63, 3.8) is 0 Å². The van der Waals surface area contributed by atoms with Crippen molar-refractivity contribution in [2.45, 2.75) is 32.4 Å². The number of fused-ring (bicyclic) bond motifs is 1. The van der Waals surface area contributed by atoms with Crippen LogP contribution in [0.1, 0.15) is 37.9 Å². The van der Waals surface area contributed by atoms with Gasteiger partial charge in [0.15, 0.2) is 5.75 Å². The molecule has 3 rings (SSSR count). The van der Waals surface area contributed by atoms with Crippen LogP contribution in [-0.4, -0.2) is 15.6 Å². The fourth-order valence-corrected chi connectivity index (χ4v) is 3.03. The van der Waals surface area contributed by atoms with Crippen molar-refractivity contribution in [3.8, 4) is 5.75 Å². The van der Waals surface area contributed by atoms with Crippen LogP contribution in [0.15, 0.2) is 47.2 Å². The van der Waals surface area contributed by atoms with Crippen molar-refractivity contribution in [1.29, 1.82) is 0 Å². The monoisotopic (exact) mass is 332 g/mol. The first-order chi connectivity index (χ1) is 9.48. The second-order valence-corrected chi connectivity index (χ2v) is 6.79. The molecule has 1 aromatic heterocycles. The van der Waals surface area contributed by atoms with Crippen LogP contribution in [-0.2, 0) is 0 Å². The van der Waals surface area contributed by atoms with E-state index in [0.717, 1.165) is 15.8 Å². The molecule has 2 heterocycles. The maximum atomic E-state index is 6.06. The van der Waals surface area contributed by atoms with E-state index in [4.69, 9.17) is 4.84 Å². The summed E-state index contributed by atoms with van der Waals surface area (Å²) < 4.78 is 0.982. The average molecular weight is 333 g/mol. The molecule has 4 heteroatoms. The van der Waals surface area contributed by atoms with Gasteiger partial charge in [-0.05, 0) is 42.3 Å². The fourth-order valence-electron chi connectivity index (χ4n) is 2.50. The number of benzene rings is 1.